The van der Waals surface area contributed by atoms with Crippen molar-refractivity contribution in [3.05, 3.63) is 38.6 Å². The summed E-state index contributed by atoms with van der Waals surface area (Å²) >= 11 is 4.97. The van der Waals surface area contributed by atoms with Crippen LogP contribution >= 0.6 is 27.3 Å². The Morgan fingerprint density at radius 2 is 1.85 bits per heavy atom. The van der Waals surface area contributed by atoms with E-state index in [-0.39, 0.29) is 17.9 Å². The van der Waals surface area contributed by atoms with Crippen molar-refractivity contribution >= 4 is 44.8 Å². The highest BCUT2D eigenvalue weighted by molar-refractivity contribution is 9.10. The number of thiophene rings is 1. The first-order valence-corrected chi connectivity index (χ1v) is 16.1. The van der Waals surface area contributed by atoms with Gasteiger partial charge in [0.2, 0.25) is 11.8 Å². The van der Waals surface area contributed by atoms with Crippen molar-refractivity contribution in [2.75, 3.05) is 18.1 Å². The zero-order valence-electron chi connectivity index (χ0n) is 24.2. The molecule has 1 atom stereocenters. The number of carbonyl (C=O) groups excluding carboxylic acids is 2. The summed E-state index contributed by atoms with van der Waals surface area (Å²) in [6, 6.07) is 5.69. The number of anilines is 1. The van der Waals surface area contributed by atoms with Gasteiger partial charge in [0.1, 0.15) is 18.3 Å². The number of rotatable bonds is 8. The van der Waals surface area contributed by atoms with Crippen molar-refractivity contribution in [3.8, 4) is 12.5 Å². The van der Waals surface area contributed by atoms with Gasteiger partial charge in [-0.15, -0.1) is 11.3 Å². The number of carbonyl (C=O) groups is 2. The lowest BCUT2D eigenvalue weighted by atomic mass is 9.92. The Labute approximate surface area is 252 Å². The van der Waals surface area contributed by atoms with Gasteiger partial charge in [-0.3, -0.25) is 9.59 Å². The van der Waals surface area contributed by atoms with Crippen molar-refractivity contribution in [1.29, 1.82) is 5.26 Å². The summed E-state index contributed by atoms with van der Waals surface area (Å²) in [5.74, 6) is 0.974. The number of halogens is 1. The number of nitrogens with zero attached hydrogens (tertiary/aromatic N) is 3. The van der Waals surface area contributed by atoms with Crippen LogP contribution in [0.15, 0.2) is 28.9 Å². The average Bonchev–Trinajstić information content (AvgIpc) is 3.66. The molecule has 40 heavy (non-hydrogen) atoms. The molecular weight excluding hydrogens is 590 g/mol. The summed E-state index contributed by atoms with van der Waals surface area (Å²) in [7, 11) is 0. The fourth-order valence-corrected chi connectivity index (χ4v) is 6.20. The molecule has 2 saturated carbocycles. The monoisotopic (exact) mass is 633 g/mol. The van der Waals surface area contributed by atoms with E-state index >= 15 is 0 Å². The number of nitrogens with one attached hydrogen (secondary N) is 2. The molecule has 2 aromatic heterocycles. The molecule has 0 spiro atoms. The molecule has 1 aliphatic heterocycles. The Kier molecular flexibility index (Phi) is 15.0. The third-order valence-electron chi connectivity index (χ3n) is 7.09. The topological polar surface area (TPSA) is 107 Å². The molecule has 0 aromatic carbocycles. The van der Waals surface area contributed by atoms with Gasteiger partial charge in [-0.2, -0.15) is 0 Å². The van der Waals surface area contributed by atoms with Crippen molar-refractivity contribution < 1.29 is 14.3 Å². The average molecular weight is 635 g/mol. The smallest absolute Gasteiger partial charge is 0.262 e. The number of amides is 2. The second-order valence-corrected chi connectivity index (χ2v) is 11.6. The molecular formula is C30H44BrN5O3S. The highest BCUT2D eigenvalue weighted by Crippen LogP contribution is 2.34. The number of pyridine rings is 1. The van der Waals surface area contributed by atoms with E-state index in [1.807, 2.05) is 45.9 Å². The molecule has 0 saturated heterocycles. The van der Waals surface area contributed by atoms with Crippen LogP contribution in [-0.4, -0.2) is 42.0 Å². The third-order valence-corrected chi connectivity index (χ3v) is 8.59. The summed E-state index contributed by atoms with van der Waals surface area (Å²) in [5.41, 5.74) is 0.948. The van der Waals surface area contributed by atoms with Gasteiger partial charge in [-0.25, -0.2) is 10.2 Å². The van der Waals surface area contributed by atoms with Crippen LogP contribution in [0.4, 0.5) is 5.69 Å². The van der Waals surface area contributed by atoms with E-state index < -0.39 is 6.04 Å². The summed E-state index contributed by atoms with van der Waals surface area (Å²) in [6.45, 7) is 13.5. The second kappa shape index (κ2) is 17.9. The molecule has 2 aliphatic carbocycles. The van der Waals surface area contributed by atoms with Crippen LogP contribution < -0.4 is 20.3 Å². The molecule has 1 unspecified atom stereocenters. The van der Waals surface area contributed by atoms with Crippen LogP contribution in [0.5, 0.6) is 5.88 Å². The predicted octanol–water partition coefficient (Wildman–Crippen LogP) is 6.84. The van der Waals surface area contributed by atoms with Gasteiger partial charge in [0.25, 0.3) is 5.91 Å². The van der Waals surface area contributed by atoms with Crippen molar-refractivity contribution in [2.45, 2.75) is 97.7 Å². The minimum absolute atomic E-state index is 0.0234. The van der Waals surface area contributed by atoms with Gasteiger partial charge >= 0.3 is 0 Å². The maximum absolute atomic E-state index is 13.1. The van der Waals surface area contributed by atoms with Crippen molar-refractivity contribution in [3.63, 3.8) is 0 Å². The first-order chi connectivity index (χ1) is 19.5. The van der Waals surface area contributed by atoms with Gasteiger partial charge in [0, 0.05) is 28.2 Å². The second-order valence-electron chi connectivity index (χ2n) is 9.56. The normalized spacial score (nSPS) is 16.6. The van der Waals surface area contributed by atoms with Crippen molar-refractivity contribution in [1.82, 2.24) is 15.6 Å². The molecule has 0 radical (unpaired) electrons. The van der Waals surface area contributed by atoms with Crippen LogP contribution in [0.25, 0.3) is 0 Å². The molecule has 10 heteroatoms. The largest absolute Gasteiger partial charge is 0.474 e. The lowest BCUT2D eigenvalue weighted by Crippen LogP contribution is -2.51. The van der Waals surface area contributed by atoms with Gasteiger partial charge in [0.15, 0.2) is 0 Å². The zero-order chi connectivity index (χ0) is 29.5. The van der Waals surface area contributed by atoms with E-state index in [1.54, 1.807) is 6.20 Å². The maximum Gasteiger partial charge on any atom is 0.262 e. The number of aromatic nitrogens is 1. The van der Waals surface area contributed by atoms with Gasteiger partial charge in [0.05, 0.1) is 18.0 Å². The minimum atomic E-state index is -0.462. The van der Waals surface area contributed by atoms with E-state index in [9.17, 15) is 9.59 Å². The van der Waals surface area contributed by atoms with Crippen LogP contribution in [0.2, 0.25) is 0 Å². The molecule has 2 fully saturated rings. The highest BCUT2D eigenvalue weighted by atomic mass is 79.9. The Morgan fingerprint density at radius 1 is 1.15 bits per heavy atom. The number of nitriles is 1. The first kappa shape index (κ1) is 33.6. The third kappa shape index (κ3) is 9.48. The van der Waals surface area contributed by atoms with Crippen LogP contribution in [0.1, 0.15) is 93.6 Å². The maximum atomic E-state index is 13.1. The highest BCUT2D eigenvalue weighted by Gasteiger charge is 2.30. The van der Waals surface area contributed by atoms with E-state index in [2.05, 4.69) is 43.0 Å². The van der Waals surface area contributed by atoms with Crippen LogP contribution in [-0.2, 0) is 11.3 Å². The number of ether oxygens (including phenoxy) is 1. The molecule has 220 valence electrons. The standard InChI is InChI=1S/C25H31BrN4O3S.2C2H6.CHN/c26-17-13-21-25(27-14-17)33-11-10-30(21)15-19-8-9-22(34-19)24(32)29-20(12-16-4-1-2-5-16)23(31)28-18-6-3-7-18;3*1-2/h8-9,13-14,16,18,20H,1-7,10-12,15H2,(H,28,31)(H,29,32);2*1-2H3;1H. The fourth-order valence-electron chi connectivity index (χ4n) is 4.96. The molecule has 3 heterocycles. The quantitative estimate of drug-likeness (QED) is 0.329. The fraction of sp³-hybridized carbons (Fsp3) is 0.600. The molecule has 2 amide bonds. The summed E-state index contributed by atoms with van der Waals surface area (Å²) in [4.78, 5) is 34.4. The lowest BCUT2D eigenvalue weighted by molar-refractivity contribution is -0.124. The Balaban J connectivity index is 0.000000876. The summed E-state index contributed by atoms with van der Waals surface area (Å²) in [5, 5.41) is 12.7. The summed E-state index contributed by atoms with van der Waals surface area (Å²) < 4.78 is 6.58. The first-order valence-electron chi connectivity index (χ1n) is 14.5. The zero-order valence-corrected chi connectivity index (χ0v) is 26.7. The molecule has 8 nitrogen and oxygen atoms in total. The van der Waals surface area contributed by atoms with E-state index in [1.165, 1.54) is 30.6 Å². The van der Waals surface area contributed by atoms with Crippen LogP contribution in [0, 0.1) is 17.8 Å². The van der Waals surface area contributed by atoms with Crippen molar-refractivity contribution in [2.24, 2.45) is 5.92 Å². The lowest BCUT2D eigenvalue weighted by Gasteiger charge is -2.30. The summed E-state index contributed by atoms with van der Waals surface area (Å²) in [6.07, 6.45) is 10.5. The Bertz CT molecular complexity index is 1080. The Morgan fingerprint density at radius 3 is 2.50 bits per heavy atom. The predicted molar refractivity (Wildman–Crippen MR) is 166 cm³/mol. The number of fused-ring (bicyclic) bond motifs is 1. The number of hydrogen-bond acceptors (Lipinski definition) is 7. The van der Waals surface area contributed by atoms with E-state index in [4.69, 9.17) is 10.00 Å². The number of hydrogen-bond donors (Lipinski definition) is 2. The molecule has 5 rings (SSSR count). The van der Waals surface area contributed by atoms with Gasteiger partial charge < -0.3 is 20.3 Å². The van der Waals surface area contributed by atoms with E-state index in [0.29, 0.717) is 29.8 Å². The van der Waals surface area contributed by atoms with Gasteiger partial charge in [-0.1, -0.05) is 53.4 Å². The minimum Gasteiger partial charge on any atom is -0.474 e. The molecule has 0 bridgehead atoms. The molecule has 2 aromatic rings. The molecule has 2 N–H and O–H groups in total. The van der Waals surface area contributed by atoms with Crippen LogP contribution in [0.3, 0.4) is 0 Å². The Hall–Kier alpha value is -2.64. The SMILES string of the molecule is C#N.CC.CC.O=C(NC(CC1CCCC1)C(=O)NC1CCC1)c1ccc(CN2CCOc3ncc(Br)cc32)s1. The van der Waals surface area contributed by atoms with E-state index in [0.717, 1.165) is 53.7 Å². The van der Waals surface area contributed by atoms with Gasteiger partial charge in [-0.05, 0) is 65.7 Å². The molecule has 3 aliphatic rings.